The van der Waals surface area contributed by atoms with E-state index in [2.05, 4.69) is 29.7 Å². The van der Waals surface area contributed by atoms with Crippen molar-refractivity contribution >= 4 is 34.3 Å². The fourth-order valence-corrected chi connectivity index (χ4v) is 3.40. The molecular formula is C18H19ClN6O2. The van der Waals surface area contributed by atoms with E-state index >= 15 is 0 Å². The van der Waals surface area contributed by atoms with Crippen LogP contribution >= 0.6 is 11.6 Å². The maximum absolute atomic E-state index is 6.19. The molecule has 140 valence electrons. The SMILES string of the molecule is COc1cc2nc(Cl)nc(N3CCN(c4ncccn4)CC3)c2cc1OC. The highest BCUT2D eigenvalue weighted by molar-refractivity contribution is 6.28. The first kappa shape index (κ1) is 17.5. The highest BCUT2D eigenvalue weighted by Gasteiger charge is 2.23. The second-order valence-corrected chi connectivity index (χ2v) is 6.40. The van der Waals surface area contributed by atoms with Crippen LogP contribution in [-0.2, 0) is 0 Å². The average molecular weight is 387 g/mol. The van der Waals surface area contributed by atoms with Gasteiger partial charge >= 0.3 is 0 Å². The van der Waals surface area contributed by atoms with Gasteiger partial charge in [-0.2, -0.15) is 4.98 Å². The molecule has 8 nitrogen and oxygen atoms in total. The number of aromatic nitrogens is 4. The zero-order valence-corrected chi connectivity index (χ0v) is 15.8. The fraction of sp³-hybridized carbons (Fsp3) is 0.333. The highest BCUT2D eigenvalue weighted by atomic mass is 35.5. The van der Waals surface area contributed by atoms with E-state index in [1.807, 2.05) is 18.2 Å². The predicted molar refractivity (Wildman–Crippen MR) is 104 cm³/mol. The zero-order valence-electron chi connectivity index (χ0n) is 15.1. The molecule has 0 aliphatic carbocycles. The Balaban J connectivity index is 1.65. The van der Waals surface area contributed by atoms with Crippen LogP contribution in [0, 0.1) is 0 Å². The third kappa shape index (κ3) is 3.40. The number of nitrogens with zero attached hydrogens (tertiary/aromatic N) is 6. The number of benzene rings is 1. The first-order valence-electron chi connectivity index (χ1n) is 8.56. The van der Waals surface area contributed by atoms with E-state index in [9.17, 15) is 0 Å². The minimum absolute atomic E-state index is 0.207. The second kappa shape index (κ2) is 7.40. The van der Waals surface area contributed by atoms with Crippen LogP contribution in [0.2, 0.25) is 5.28 Å². The molecule has 3 heterocycles. The largest absolute Gasteiger partial charge is 0.493 e. The smallest absolute Gasteiger partial charge is 0.225 e. The van der Waals surface area contributed by atoms with Crippen molar-refractivity contribution in [3.8, 4) is 11.5 Å². The van der Waals surface area contributed by atoms with E-state index in [-0.39, 0.29) is 5.28 Å². The molecule has 0 saturated carbocycles. The van der Waals surface area contributed by atoms with Crippen molar-refractivity contribution in [1.82, 2.24) is 19.9 Å². The van der Waals surface area contributed by atoms with Crippen LogP contribution in [0.5, 0.6) is 11.5 Å². The molecule has 2 aromatic heterocycles. The van der Waals surface area contributed by atoms with Crippen molar-refractivity contribution in [2.75, 3.05) is 50.2 Å². The summed E-state index contributed by atoms with van der Waals surface area (Å²) in [5, 5.41) is 1.08. The number of anilines is 2. The van der Waals surface area contributed by atoms with Gasteiger partial charge in [0.15, 0.2) is 11.5 Å². The highest BCUT2D eigenvalue weighted by Crippen LogP contribution is 2.36. The van der Waals surface area contributed by atoms with E-state index in [0.717, 1.165) is 48.8 Å². The average Bonchev–Trinajstić information content (AvgIpc) is 2.73. The lowest BCUT2D eigenvalue weighted by atomic mass is 10.2. The van der Waals surface area contributed by atoms with Gasteiger partial charge in [0.1, 0.15) is 5.82 Å². The number of methoxy groups -OCH3 is 2. The molecule has 1 aliphatic rings. The van der Waals surface area contributed by atoms with Gasteiger partial charge in [-0.25, -0.2) is 15.0 Å². The van der Waals surface area contributed by atoms with Crippen LogP contribution < -0.4 is 19.3 Å². The van der Waals surface area contributed by atoms with Gasteiger partial charge in [-0.15, -0.1) is 0 Å². The molecule has 4 rings (SSSR count). The number of ether oxygens (including phenoxy) is 2. The van der Waals surface area contributed by atoms with Crippen molar-refractivity contribution in [3.63, 3.8) is 0 Å². The summed E-state index contributed by atoms with van der Waals surface area (Å²) in [5.74, 6) is 2.78. The topological polar surface area (TPSA) is 76.5 Å². The maximum atomic E-state index is 6.19. The van der Waals surface area contributed by atoms with Gasteiger partial charge in [0.05, 0.1) is 19.7 Å². The molecule has 1 fully saturated rings. The molecule has 0 unspecified atom stereocenters. The van der Waals surface area contributed by atoms with Crippen molar-refractivity contribution in [2.24, 2.45) is 0 Å². The third-order valence-corrected chi connectivity index (χ3v) is 4.74. The Kier molecular flexibility index (Phi) is 4.81. The molecule has 9 heteroatoms. The standard InChI is InChI=1S/C18H19ClN6O2/c1-26-14-10-12-13(11-15(14)27-2)22-17(19)23-16(12)24-6-8-25(9-7-24)18-20-4-3-5-21-18/h3-5,10-11H,6-9H2,1-2H3. The summed E-state index contributed by atoms with van der Waals surface area (Å²) in [4.78, 5) is 21.8. The van der Waals surface area contributed by atoms with E-state index in [1.54, 1.807) is 26.6 Å². The van der Waals surface area contributed by atoms with Crippen molar-refractivity contribution in [2.45, 2.75) is 0 Å². The Hall–Kier alpha value is -2.87. The maximum Gasteiger partial charge on any atom is 0.225 e. The lowest BCUT2D eigenvalue weighted by Crippen LogP contribution is -2.47. The molecule has 0 amide bonds. The van der Waals surface area contributed by atoms with Gasteiger partial charge in [-0.05, 0) is 23.7 Å². The molecule has 27 heavy (non-hydrogen) atoms. The van der Waals surface area contributed by atoms with Crippen LogP contribution in [0.25, 0.3) is 10.9 Å². The van der Waals surface area contributed by atoms with Gasteiger partial charge in [-0.1, -0.05) is 0 Å². The fourth-order valence-electron chi connectivity index (χ4n) is 3.23. The first-order valence-corrected chi connectivity index (χ1v) is 8.93. The summed E-state index contributed by atoms with van der Waals surface area (Å²) in [6.45, 7) is 3.13. The molecular weight excluding hydrogens is 368 g/mol. The van der Waals surface area contributed by atoms with Crippen LogP contribution in [0.15, 0.2) is 30.6 Å². The molecule has 0 spiro atoms. The first-order chi connectivity index (χ1) is 13.2. The quantitative estimate of drug-likeness (QED) is 0.633. The van der Waals surface area contributed by atoms with E-state index in [1.165, 1.54) is 0 Å². The van der Waals surface area contributed by atoms with Gasteiger partial charge in [0, 0.05) is 50.0 Å². The van der Waals surface area contributed by atoms with Crippen molar-refractivity contribution in [3.05, 3.63) is 35.9 Å². The Morgan fingerprint density at radius 1 is 0.889 bits per heavy atom. The molecule has 0 atom stereocenters. The second-order valence-electron chi connectivity index (χ2n) is 6.06. The number of hydrogen-bond donors (Lipinski definition) is 0. The monoisotopic (exact) mass is 386 g/mol. The lowest BCUT2D eigenvalue weighted by molar-refractivity contribution is 0.356. The molecule has 0 N–H and O–H groups in total. The van der Waals surface area contributed by atoms with Gasteiger partial charge in [0.25, 0.3) is 0 Å². The normalized spacial score (nSPS) is 14.5. The zero-order chi connectivity index (χ0) is 18.8. The van der Waals surface area contributed by atoms with Crippen molar-refractivity contribution < 1.29 is 9.47 Å². The molecule has 0 radical (unpaired) electrons. The number of hydrogen-bond acceptors (Lipinski definition) is 8. The summed E-state index contributed by atoms with van der Waals surface area (Å²) in [6.07, 6.45) is 3.51. The molecule has 3 aromatic rings. The Labute approximate surface area is 161 Å². The summed E-state index contributed by atoms with van der Waals surface area (Å²) in [6, 6.07) is 5.53. The van der Waals surface area contributed by atoms with Crippen LogP contribution in [0.4, 0.5) is 11.8 Å². The van der Waals surface area contributed by atoms with E-state index in [4.69, 9.17) is 21.1 Å². The summed E-state index contributed by atoms with van der Waals surface area (Å²) in [5.41, 5.74) is 0.719. The van der Waals surface area contributed by atoms with Crippen LogP contribution in [0.1, 0.15) is 0 Å². The number of fused-ring (bicyclic) bond motifs is 1. The van der Waals surface area contributed by atoms with Gasteiger partial charge < -0.3 is 19.3 Å². The Morgan fingerprint density at radius 2 is 1.52 bits per heavy atom. The van der Waals surface area contributed by atoms with E-state index in [0.29, 0.717) is 11.5 Å². The van der Waals surface area contributed by atoms with Gasteiger partial charge in [0.2, 0.25) is 11.2 Å². The lowest BCUT2D eigenvalue weighted by Gasteiger charge is -2.35. The van der Waals surface area contributed by atoms with Crippen molar-refractivity contribution in [1.29, 1.82) is 0 Å². The van der Waals surface area contributed by atoms with Crippen LogP contribution in [0.3, 0.4) is 0 Å². The minimum Gasteiger partial charge on any atom is -0.493 e. The Bertz CT molecular complexity index is 947. The summed E-state index contributed by atoms with van der Waals surface area (Å²) in [7, 11) is 3.21. The number of halogens is 1. The van der Waals surface area contributed by atoms with Crippen LogP contribution in [-0.4, -0.2) is 60.3 Å². The predicted octanol–water partition coefficient (Wildman–Crippen LogP) is 2.42. The minimum atomic E-state index is 0.207. The summed E-state index contributed by atoms with van der Waals surface area (Å²) < 4.78 is 10.8. The van der Waals surface area contributed by atoms with E-state index < -0.39 is 0 Å². The molecule has 1 aliphatic heterocycles. The molecule has 1 saturated heterocycles. The number of piperazine rings is 1. The molecule has 1 aromatic carbocycles. The third-order valence-electron chi connectivity index (χ3n) is 4.57. The molecule has 0 bridgehead atoms. The number of rotatable bonds is 4. The summed E-state index contributed by atoms with van der Waals surface area (Å²) >= 11 is 6.19. The van der Waals surface area contributed by atoms with Gasteiger partial charge in [-0.3, -0.25) is 0 Å². The Morgan fingerprint density at radius 3 is 2.19 bits per heavy atom.